The van der Waals surface area contributed by atoms with Gasteiger partial charge in [0.25, 0.3) is 0 Å². The van der Waals surface area contributed by atoms with Crippen molar-refractivity contribution in [2.24, 2.45) is 0 Å². The van der Waals surface area contributed by atoms with E-state index in [1.165, 1.54) is 17.0 Å². The maximum Gasteiger partial charge on any atom is 0.232 e. The van der Waals surface area contributed by atoms with Crippen LogP contribution in [0.4, 0.5) is 5.69 Å². The second-order valence-corrected chi connectivity index (χ2v) is 11.8. The van der Waals surface area contributed by atoms with Gasteiger partial charge in [-0.15, -0.1) is 0 Å². The highest BCUT2D eigenvalue weighted by atomic mass is 32.2. The first-order valence-electron chi connectivity index (χ1n) is 12.3. The molecule has 0 unspecified atom stereocenters. The largest absolute Gasteiger partial charge is 0.487 e. The molecule has 1 amide bonds. The smallest absolute Gasteiger partial charge is 0.232 e. The Balaban J connectivity index is 1.42. The fourth-order valence-electron chi connectivity index (χ4n) is 5.37. The Morgan fingerprint density at radius 2 is 1.82 bits per heavy atom. The van der Waals surface area contributed by atoms with Crippen molar-refractivity contribution < 1.29 is 17.9 Å². The van der Waals surface area contributed by atoms with Gasteiger partial charge in [0.05, 0.1) is 18.0 Å². The van der Waals surface area contributed by atoms with E-state index in [2.05, 4.69) is 5.32 Å². The lowest BCUT2D eigenvalue weighted by molar-refractivity contribution is -0.122. The van der Waals surface area contributed by atoms with E-state index in [-0.39, 0.29) is 30.5 Å². The number of hydrogen-bond acceptors (Lipinski definition) is 4. The quantitative estimate of drug-likeness (QED) is 0.587. The molecule has 1 heterocycles. The molecule has 0 aromatic heterocycles. The highest BCUT2D eigenvalue weighted by Crippen LogP contribution is 2.46. The summed E-state index contributed by atoms with van der Waals surface area (Å²) in [5.41, 5.74) is 3.49. The van der Waals surface area contributed by atoms with Crippen LogP contribution in [0.3, 0.4) is 0 Å². The number of carbonyl (C=O) groups excluding carboxylic acids is 1. The molecule has 1 saturated carbocycles. The highest BCUT2D eigenvalue weighted by molar-refractivity contribution is 7.92. The minimum absolute atomic E-state index is 0.0536. The summed E-state index contributed by atoms with van der Waals surface area (Å²) in [6.07, 6.45) is 8.31. The number of aryl methyl sites for hydroxylation is 1. The summed E-state index contributed by atoms with van der Waals surface area (Å²) in [6.45, 7) is 4.17. The predicted octanol–water partition coefficient (Wildman–Crippen LogP) is 5.19. The molecule has 1 N–H and O–H groups in total. The van der Waals surface area contributed by atoms with Gasteiger partial charge >= 0.3 is 0 Å². The maximum absolute atomic E-state index is 13.0. The molecule has 1 fully saturated rings. The van der Waals surface area contributed by atoms with Gasteiger partial charge in [0.2, 0.25) is 15.9 Å². The number of hydrogen-bond donors (Lipinski definition) is 1. The molecule has 0 radical (unpaired) electrons. The standard InChI is InChI=1S/C27H36N2O4S/c1-20-11-9-13-24(21(20)2)29(34(3,31)32)18-10-15-26(30)28-23-19-27(16-7-4-8-17-27)33-25-14-6-5-12-22(23)25/h5-6,9,11-14,23H,4,7-8,10,15-19H2,1-3H3,(H,28,30)/t23-/m0/s1. The van der Waals surface area contributed by atoms with Gasteiger partial charge in [-0.25, -0.2) is 8.42 Å². The summed E-state index contributed by atoms with van der Waals surface area (Å²) >= 11 is 0. The fraction of sp³-hybridized carbons (Fsp3) is 0.519. The van der Waals surface area contributed by atoms with Crippen molar-refractivity contribution in [3.8, 4) is 5.75 Å². The lowest BCUT2D eigenvalue weighted by Gasteiger charge is -2.44. The van der Waals surface area contributed by atoms with Crippen LogP contribution in [0.25, 0.3) is 0 Å². The van der Waals surface area contributed by atoms with Crippen molar-refractivity contribution in [3.63, 3.8) is 0 Å². The molecule has 6 nitrogen and oxygen atoms in total. The van der Waals surface area contributed by atoms with E-state index in [0.29, 0.717) is 12.1 Å². The topological polar surface area (TPSA) is 75.7 Å². The number of nitrogens with zero attached hydrogens (tertiary/aromatic N) is 1. The van der Waals surface area contributed by atoms with E-state index in [0.717, 1.165) is 54.5 Å². The number of nitrogens with one attached hydrogen (secondary N) is 1. The third-order valence-electron chi connectivity index (χ3n) is 7.31. The van der Waals surface area contributed by atoms with Crippen molar-refractivity contribution in [1.82, 2.24) is 5.32 Å². The molecule has 1 spiro atoms. The van der Waals surface area contributed by atoms with Crippen LogP contribution in [0, 0.1) is 13.8 Å². The summed E-state index contributed by atoms with van der Waals surface area (Å²) in [5, 5.41) is 3.23. The number of ether oxygens (including phenoxy) is 1. The molecule has 1 aliphatic heterocycles. The van der Waals surface area contributed by atoms with Crippen LogP contribution in [-0.2, 0) is 14.8 Å². The Labute approximate surface area is 203 Å². The van der Waals surface area contributed by atoms with Gasteiger partial charge < -0.3 is 10.1 Å². The number of carbonyl (C=O) groups is 1. The van der Waals surface area contributed by atoms with E-state index in [1.807, 2.05) is 56.3 Å². The molecule has 4 rings (SSSR count). The number of anilines is 1. The minimum Gasteiger partial charge on any atom is -0.487 e. The molecular formula is C27H36N2O4S. The Hall–Kier alpha value is -2.54. The SMILES string of the molecule is Cc1cccc(N(CCCC(=O)N[C@H]2CC3(CCCCC3)Oc3ccccc32)S(C)(=O)=O)c1C. The average molecular weight is 485 g/mol. The summed E-state index contributed by atoms with van der Waals surface area (Å²) in [5.74, 6) is 0.821. The average Bonchev–Trinajstić information content (AvgIpc) is 2.79. The molecule has 34 heavy (non-hydrogen) atoms. The van der Waals surface area contributed by atoms with Crippen molar-refractivity contribution in [3.05, 3.63) is 59.2 Å². The zero-order chi connectivity index (χ0) is 24.3. The van der Waals surface area contributed by atoms with E-state index < -0.39 is 10.0 Å². The molecule has 7 heteroatoms. The van der Waals surface area contributed by atoms with Crippen LogP contribution in [0.15, 0.2) is 42.5 Å². The van der Waals surface area contributed by atoms with Crippen LogP contribution in [0.5, 0.6) is 5.75 Å². The van der Waals surface area contributed by atoms with Crippen LogP contribution in [-0.4, -0.2) is 32.7 Å². The summed E-state index contributed by atoms with van der Waals surface area (Å²) < 4.78 is 32.9. The second-order valence-electron chi connectivity index (χ2n) is 9.87. The summed E-state index contributed by atoms with van der Waals surface area (Å²) in [4.78, 5) is 13.0. The third-order valence-corrected chi connectivity index (χ3v) is 8.49. The normalized spacial score (nSPS) is 19.2. The molecule has 0 saturated heterocycles. The molecular weight excluding hydrogens is 448 g/mol. The van der Waals surface area contributed by atoms with E-state index in [9.17, 15) is 13.2 Å². The number of benzene rings is 2. The minimum atomic E-state index is -3.46. The number of para-hydroxylation sites is 1. The second kappa shape index (κ2) is 9.98. The molecule has 1 atom stereocenters. The summed E-state index contributed by atoms with van der Waals surface area (Å²) in [7, 11) is -3.46. The molecule has 184 valence electrons. The number of amides is 1. The number of sulfonamides is 1. The van der Waals surface area contributed by atoms with Gasteiger partial charge in [0.15, 0.2) is 0 Å². The Bertz CT molecular complexity index is 1140. The van der Waals surface area contributed by atoms with Crippen LogP contribution in [0.2, 0.25) is 0 Å². The Kier molecular flexibility index (Phi) is 7.22. The maximum atomic E-state index is 13.0. The van der Waals surface area contributed by atoms with Crippen molar-refractivity contribution in [2.75, 3.05) is 17.1 Å². The first-order valence-corrected chi connectivity index (χ1v) is 14.1. The van der Waals surface area contributed by atoms with Crippen LogP contribution in [0.1, 0.15) is 74.1 Å². The first-order chi connectivity index (χ1) is 16.2. The first kappa shape index (κ1) is 24.6. The Morgan fingerprint density at radius 1 is 1.09 bits per heavy atom. The lowest BCUT2D eigenvalue weighted by Crippen LogP contribution is -2.46. The number of rotatable bonds is 7. The number of fused-ring (bicyclic) bond motifs is 1. The van der Waals surface area contributed by atoms with Crippen LogP contribution < -0.4 is 14.4 Å². The van der Waals surface area contributed by atoms with Gasteiger partial charge in [-0.3, -0.25) is 9.10 Å². The molecule has 2 aliphatic rings. The zero-order valence-corrected chi connectivity index (χ0v) is 21.3. The van der Waals surface area contributed by atoms with Crippen molar-refractivity contribution in [1.29, 1.82) is 0 Å². The Morgan fingerprint density at radius 3 is 2.56 bits per heavy atom. The molecule has 0 bridgehead atoms. The van der Waals surface area contributed by atoms with E-state index in [4.69, 9.17) is 4.74 Å². The monoisotopic (exact) mass is 484 g/mol. The third kappa shape index (κ3) is 5.40. The zero-order valence-electron chi connectivity index (χ0n) is 20.5. The molecule has 1 aliphatic carbocycles. The van der Waals surface area contributed by atoms with E-state index >= 15 is 0 Å². The van der Waals surface area contributed by atoms with Gasteiger partial charge in [-0.05, 0) is 69.2 Å². The van der Waals surface area contributed by atoms with E-state index in [1.54, 1.807) is 0 Å². The summed E-state index contributed by atoms with van der Waals surface area (Å²) in [6, 6.07) is 13.6. The molecule has 2 aromatic rings. The van der Waals surface area contributed by atoms with Gasteiger partial charge in [0.1, 0.15) is 11.4 Å². The molecule has 2 aromatic carbocycles. The van der Waals surface area contributed by atoms with Gasteiger partial charge in [0, 0.05) is 24.9 Å². The predicted molar refractivity (Wildman–Crippen MR) is 136 cm³/mol. The lowest BCUT2D eigenvalue weighted by atomic mass is 9.77. The van der Waals surface area contributed by atoms with Crippen LogP contribution >= 0.6 is 0 Å². The fourth-order valence-corrected chi connectivity index (χ4v) is 6.39. The van der Waals surface area contributed by atoms with Gasteiger partial charge in [-0.1, -0.05) is 36.8 Å². The van der Waals surface area contributed by atoms with Gasteiger partial charge in [-0.2, -0.15) is 0 Å². The highest BCUT2D eigenvalue weighted by Gasteiger charge is 2.42. The van der Waals surface area contributed by atoms with Crippen molar-refractivity contribution in [2.45, 2.75) is 76.9 Å². The van der Waals surface area contributed by atoms with Crippen molar-refractivity contribution >= 4 is 21.6 Å².